The molecule has 1 fully saturated rings. The smallest absolute Gasteiger partial charge is 0.399 e. The van der Waals surface area contributed by atoms with Crippen molar-refractivity contribution in [1.82, 2.24) is 4.90 Å². The van der Waals surface area contributed by atoms with Gasteiger partial charge in [0, 0.05) is 24.8 Å². The van der Waals surface area contributed by atoms with Crippen molar-refractivity contribution in [1.29, 1.82) is 0 Å². The van der Waals surface area contributed by atoms with Crippen molar-refractivity contribution in [2.24, 2.45) is 0 Å². The molecule has 1 aliphatic heterocycles. The molecule has 0 aliphatic carbocycles. The minimum Gasteiger partial charge on any atom is -0.399 e. The molecule has 6 heteroatoms. The molecule has 2 unspecified atom stereocenters. The van der Waals surface area contributed by atoms with Crippen molar-refractivity contribution in [3.63, 3.8) is 0 Å². The lowest BCUT2D eigenvalue weighted by Gasteiger charge is -2.38. The first-order chi connectivity index (χ1) is 9.81. The van der Waals surface area contributed by atoms with E-state index in [0.29, 0.717) is 13.2 Å². The Hall–Kier alpha value is -1.27. The number of nitrogens with zero attached hydrogens (tertiary/aromatic N) is 1. The van der Waals surface area contributed by atoms with Gasteiger partial charge in [-0.1, -0.05) is 13.0 Å². The van der Waals surface area contributed by atoms with E-state index >= 15 is 0 Å². The Bertz CT molecular complexity index is 490. The minimum atomic E-state index is -4.38. The zero-order valence-corrected chi connectivity index (χ0v) is 12.3. The average Bonchev–Trinajstić information content (AvgIpc) is 2.40. The van der Waals surface area contributed by atoms with E-state index in [9.17, 15) is 13.2 Å². The Morgan fingerprint density at radius 2 is 2.10 bits per heavy atom. The molecule has 3 nitrogen and oxygen atoms in total. The summed E-state index contributed by atoms with van der Waals surface area (Å²) >= 11 is 0. The van der Waals surface area contributed by atoms with E-state index in [1.165, 1.54) is 12.1 Å². The Morgan fingerprint density at radius 3 is 2.71 bits per heavy atom. The van der Waals surface area contributed by atoms with Crippen LogP contribution in [-0.2, 0) is 17.5 Å². The molecule has 2 atom stereocenters. The van der Waals surface area contributed by atoms with Gasteiger partial charge in [-0.2, -0.15) is 13.2 Å². The van der Waals surface area contributed by atoms with Crippen molar-refractivity contribution in [3.8, 4) is 0 Å². The summed E-state index contributed by atoms with van der Waals surface area (Å²) in [4.78, 5) is 2.06. The van der Waals surface area contributed by atoms with Gasteiger partial charge in [-0.05, 0) is 31.0 Å². The molecule has 0 radical (unpaired) electrons. The average molecular weight is 302 g/mol. The van der Waals surface area contributed by atoms with Crippen molar-refractivity contribution >= 4 is 5.69 Å². The van der Waals surface area contributed by atoms with Gasteiger partial charge in [0.15, 0.2) is 0 Å². The maximum absolute atomic E-state index is 13.1. The molecule has 0 saturated carbocycles. The van der Waals surface area contributed by atoms with Gasteiger partial charge in [0.05, 0.1) is 18.3 Å². The SMILES string of the molecule is CCC1COC(C)CN1Cc1ccc(N)cc1C(F)(F)F. The predicted octanol–water partition coefficient (Wildman–Crippen LogP) is 3.29. The highest BCUT2D eigenvalue weighted by Crippen LogP contribution is 2.34. The summed E-state index contributed by atoms with van der Waals surface area (Å²) < 4.78 is 45.0. The standard InChI is InChI=1S/C15H21F3N2O/c1-3-13-9-21-10(2)7-20(13)8-11-4-5-12(19)6-14(11)15(16,17)18/h4-6,10,13H,3,7-9,19H2,1-2H3. The Labute approximate surface area is 122 Å². The summed E-state index contributed by atoms with van der Waals surface area (Å²) in [5, 5.41) is 0. The topological polar surface area (TPSA) is 38.5 Å². The Morgan fingerprint density at radius 1 is 1.38 bits per heavy atom. The zero-order valence-electron chi connectivity index (χ0n) is 12.3. The number of rotatable bonds is 3. The van der Waals surface area contributed by atoms with Gasteiger partial charge in [-0.3, -0.25) is 4.90 Å². The molecule has 118 valence electrons. The zero-order chi connectivity index (χ0) is 15.6. The summed E-state index contributed by atoms with van der Waals surface area (Å²) in [5.74, 6) is 0. The lowest BCUT2D eigenvalue weighted by molar-refractivity contribution is -0.138. The molecule has 2 N–H and O–H groups in total. The minimum absolute atomic E-state index is 0.0379. The molecule has 1 aliphatic rings. The van der Waals surface area contributed by atoms with Crippen LogP contribution in [-0.4, -0.2) is 30.2 Å². The normalized spacial score (nSPS) is 24.2. The van der Waals surface area contributed by atoms with E-state index < -0.39 is 11.7 Å². The summed E-state index contributed by atoms with van der Waals surface area (Å²) in [7, 11) is 0. The molecule has 0 spiro atoms. The molecular formula is C15H21F3N2O. The highest BCUT2D eigenvalue weighted by atomic mass is 19.4. The molecule has 2 rings (SSSR count). The number of alkyl halides is 3. The number of benzene rings is 1. The Balaban J connectivity index is 2.25. The van der Waals surface area contributed by atoms with E-state index in [4.69, 9.17) is 10.5 Å². The number of anilines is 1. The van der Waals surface area contributed by atoms with Crippen LogP contribution in [0.1, 0.15) is 31.4 Å². The molecule has 1 heterocycles. The van der Waals surface area contributed by atoms with E-state index in [2.05, 4.69) is 4.90 Å². The van der Waals surface area contributed by atoms with Gasteiger partial charge >= 0.3 is 6.18 Å². The first kappa shape index (κ1) is 16.1. The van der Waals surface area contributed by atoms with Gasteiger partial charge in [0.25, 0.3) is 0 Å². The first-order valence-corrected chi connectivity index (χ1v) is 7.12. The molecule has 1 aromatic rings. The van der Waals surface area contributed by atoms with E-state index in [1.54, 1.807) is 0 Å². The van der Waals surface area contributed by atoms with E-state index in [-0.39, 0.29) is 29.9 Å². The van der Waals surface area contributed by atoms with Gasteiger partial charge in [-0.15, -0.1) is 0 Å². The van der Waals surface area contributed by atoms with Crippen LogP contribution in [0.25, 0.3) is 0 Å². The van der Waals surface area contributed by atoms with Crippen LogP contribution < -0.4 is 5.73 Å². The second-order valence-electron chi connectivity index (χ2n) is 5.55. The fraction of sp³-hybridized carbons (Fsp3) is 0.600. The van der Waals surface area contributed by atoms with Crippen LogP contribution in [0.15, 0.2) is 18.2 Å². The summed E-state index contributed by atoms with van der Waals surface area (Å²) in [6, 6.07) is 4.17. The number of hydrogen-bond acceptors (Lipinski definition) is 3. The highest BCUT2D eigenvalue weighted by molar-refractivity contribution is 5.46. The molecule has 0 bridgehead atoms. The number of nitrogens with two attached hydrogens (primary N) is 1. The maximum Gasteiger partial charge on any atom is 0.416 e. The highest BCUT2D eigenvalue weighted by Gasteiger charge is 2.35. The number of hydrogen-bond donors (Lipinski definition) is 1. The fourth-order valence-corrected chi connectivity index (χ4v) is 2.70. The van der Waals surface area contributed by atoms with Crippen molar-refractivity contribution in [3.05, 3.63) is 29.3 Å². The lowest BCUT2D eigenvalue weighted by atomic mass is 10.0. The number of halogens is 3. The molecule has 1 aromatic carbocycles. The van der Waals surface area contributed by atoms with E-state index in [0.717, 1.165) is 12.5 Å². The molecular weight excluding hydrogens is 281 g/mol. The lowest BCUT2D eigenvalue weighted by Crippen LogP contribution is -2.48. The van der Waals surface area contributed by atoms with E-state index in [1.807, 2.05) is 13.8 Å². The first-order valence-electron chi connectivity index (χ1n) is 7.12. The third kappa shape index (κ3) is 3.89. The fourth-order valence-electron chi connectivity index (χ4n) is 2.70. The van der Waals surface area contributed by atoms with Crippen LogP contribution in [0.2, 0.25) is 0 Å². The van der Waals surface area contributed by atoms with Crippen LogP contribution in [0.5, 0.6) is 0 Å². The van der Waals surface area contributed by atoms with Crippen LogP contribution in [0.3, 0.4) is 0 Å². The molecule has 21 heavy (non-hydrogen) atoms. The van der Waals surface area contributed by atoms with Crippen LogP contribution in [0, 0.1) is 0 Å². The quantitative estimate of drug-likeness (QED) is 0.871. The molecule has 0 amide bonds. The maximum atomic E-state index is 13.1. The molecule has 1 saturated heterocycles. The van der Waals surface area contributed by atoms with Crippen LogP contribution >= 0.6 is 0 Å². The van der Waals surface area contributed by atoms with Gasteiger partial charge in [0.1, 0.15) is 0 Å². The number of morpholine rings is 1. The monoisotopic (exact) mass is 302 g/mol. The number of ether oxygens (including phenoxy) is 1. The third-order valence-electron chi connectivity index (χ3n) is 3.87. The van der Waals surface area contributed by atoms with Gasteiger partial charge < -0.3 is 10.5 Å². The predicted molar refractivity (Wildman–Crippen MR) is 75.8 cm³/mol. The third-order valence-corrected chi connectivity index (χ3v) is 3.87. The summed E-state index contributed by atoms with van der Waals surface area (Å²) in [6.07, 6.45) is -3.50. The second kappa shape index (κ2) is 6.23. The summed E-state index contributed by atoms with van der Waals surface area (Å²) in [6.45, 7) is 5.42. The van der Waals surface area contributed by atoms with Gasteiger partial charge in [0.2, 0.25) is 0 Å². The van der Waals surface area contributed by atoms with Crippen molar-refractivity contribution < 1.29 is 17.9 Å². The van der Waals surface area contributed by atoms with Crippen molar-refractivity contribution in [2.75, 3.05) is 18.9 Å². The Kier molecular flexibility index (Phi) is 4.78. The summed E-state index contributed by atoms with van der Waals surface area (Å²) in [5.41, 5.74) is 5.26. The van der Waals surface area contributed by atoms with Gasteiger partial charge in [-0.25, -0.2) is 0 Å². The number of nitrogen functional groups attached to an aromatic ring is 1. The molecule has 0 aromatic heterocycles. The second-order valence-corrected chi connectivity index (χ2v) is 5.55. The largest absolute Gasteiger partial charge is 0.416 e. The van der Waals surface area contributed by atoms with Crippen molar-refractivity contribution in [2.45, 2.75) is 45.1 Å². The van der Waals surface area contributed by atoms with Crippen LogP contribution in [0.4, 0.5) is 18.9 Å².